The summed E-state index contributed by atoms with van der Waals surface area (Å²) in [4.78, 5) is 0. The molecule has 0 aliphatic heterocycles. The Bertz CT molecular complexity index is 163. The first kappa shape index (κ1) is 11.0. The zero-order chi connectivity index (χ0) is 10.1. The summed E-state index contributed by atoms with van der Waals surface area (Å²) in [6, 6.07) is 1.44. The molecular weight excluding hydrogens is 158 g/mol. The second-order valence-electron chi connectivity index (χ2n) is 5.63. The topological polar surface area (TPSA) is 12.0 Å². The Kier molecular flexibility index (Phi) is 3.39. The number of hydrogen-bond donors (Lipinski definition) is 1. The molecule has 0 amide bonds. The monoisotopic (exact) mass is 183 g/mol. The van der Waals surface area contributed by atoms with Crippen LogP contribution in [-0.4, -0.2) is 12.1 Å². The van der Waals surface area contributed by atoms with Gasteiger partial charge in [-0.3, -0.25) is 0 Å². The normalized spacial score (nSPS) is 34.8. The smallest absolute Gasteiger partial charge is 0.0100 e. The predicted octanol–water partition coefficient (Wildman–Crippen LogP) is 3.20. The standard InChI is InChI=1S/C12H25N/c1-6-10(3)13-11-8-12(4,5)7-9(11)2/h9-11,13H,6-8H2,1-5H3. The molecule has 1 N–H and O–H groups in total. The van der Waals surface area contributed by atoms with Crippen molar-refractivity contribution in [2.45, 2.75) is 66.0 Å². The van der Waals surface area contributed by atoms with E-state index >= 15 is 0 Å². The first-order chi connectivity index (χ1) is 5.94. The van der Waals surface area contributed by atoms with Crippen molar-refractivity contribution in [1.82, 2.24) is 5.32 Å². The van der Waals surface area contributed by atoms with E-state index in [0.717, 1.165) is 12.0 Å². The quantitative estimate of drug-likeness (QED) is 0.708. The molecule has 3 atom stereocenters. The molecule has 0 aromatic carbocycles. The van der Waals surface area contributed by atoms with Gasteiger partial charge in [0.15, 0.2) is 0 Å². The molecule has 0 spiro atoms. The highest BCUT2D eigenvalue weighted by Gasteiger charge is 2.36. The Morgan fingerprint density at radius 2 is 2.00 bits per heavy atom. The molecule has 0 aromatic heterocycles. The second kappa shape index (κ2) is 4.00. The summed E-state index contributed by atoms with van der Waals surface area (Å²) >= 11 is 0. The minimum atomic E-state index is 0.560. The molecule has 1 rings (SSSR count). The highest BCUT2D eigenvalue weighted by molar-refractivity contribution is 4.91. The van der Waals surface area contributed by atoms with Crippen LogP contribution >= 0.6 is 0 Å². The van der Waals surface area contributed by atoms with Crippen LogP contribution in [0.3, 0.4) is 0 Å². The van der Waals surface area contributed by atoms with Crippen LogP contribution in [0.4, 0.5) is 0 Å². The van der Waals surface area contributed by atoms with E-state index in [1.165, 1.54) is 19.3 Å². The Hall–Kier alpha value is -0.0400. The molecule has 0 bridgehead atoms. The molecule has 1 fully saturated rings. The molecule has 78 valence electrons. The minimum absolute atomic E-state index is 0.560. The summed E-state index contributed by atoms with van der Waals surface area (Å²) in [7, 11) is 0. The molecule has 0 heterocycles. The van der Waals surface area contributed by atoms with Gasteiger partial charge in [0.25, 0.3) is 0 Å². The van der Waals surface area contributed by atoms with Gasteiger partial charge in [-0.1, -0.05) is 27.7 Å². The van der Waals surface area contributed by atoms with Crippen molar-refractivity contribution in [3.63, 3.8) is 0 Å². The van der Waals surface area contributed by atoms with Crippen LogP contribution < -0.4 is 5.32 Å². The summed E-state index contributed by atoms with van der Waals surface area (Å²) in [5.74, 6) is 0.851. The van der Waals surface area contributed by atoms with Gasteiger partial charge in [0, 0.05) is 12.1 Å². The molecule has 1 aliphatic rings. The molecule has 13 heavy (non-hydrogen) atoms. The van der Waals surface area contributed by atoms with Crippen LogP contribution in [0, 0.1) is 11.3 Å². The molecular formula is C12H25N. The Morgan fingerprint density at radius 3 is 2.38 bits per heavy atom. The molecule has 3 unspecified atom stereocenters. The molecule has 1 aliphatic carbocycles. The van der Waals surface area contributed by atoms with Gasteiger partial charge in [0.05, 0.1) is 0 Å². The van der Waals surface area contributed by atoms with Crippen molar-refractivity contribution in [3.05, 3.63) is 0 Å². The van der Waals surface area contributed by atoms with Crippen LogP contribution in [0.15, 0.2) is 0 Å². The molecule has 1 saturated carbocycles. The second-order valence-corrected chi connectivity index (χ2v) is 5.63. The third kappa shape index (κ3) is 2.98. The maximum absolute atomic E-state index is 3.73. The van der Waals surface area contributed by atoms with Crippen LogP contribution in [-0.2, 0) is 0 Å². The van der Waals surface area contributed by atoms with Crippen molar-refractivity contribution in [2.24, 2.45) is 11.3 Å². The van der Waals surface area contributed by atoms with Gasteiger partial charge in [0.1, 0.15) is 0 Å². The zero-order valence-electron chi connectivity index (χ0n) is 9.85. The fourth-order valence-electron chi connectivity index (χ4n) is 2.60. The fraction of sp³-hybridized carbons (Fsp3) is 1.00. The molecule has 0 radical (unpaired) electrons. The number of nitrogens with one attached hydrogen (secondary N) is 1. The Labute approximate surface area is 83.3 Å². The minimum Gasteiger partial charge on any atom is -0.311 e. The summed E-state index contributed by atoms with van der Waals surface area (Å²) in [6.07, 6.45) is 3.96. The highest BCUT2D eigenvalue weighted by Crippen LogP contribution is 2.40. The maximum atomic E-state index is 3.73. The Morgan fingerprint density at radius 1 is 1.38 bits per heavy atom. The average Bonchev–Trinajstić information content (AvgIpc) is 2.24. The van der Waals surface area contributed by atoms with Gasteiger partial charge in [0.2, 0.25) is 0 Å². The lowest BCUT2D eigenvalue weighted by Crippen LogP contribution is -2.38. The number of hydrogen-bond acceptors (Lipinski definition) is 1. The van der Waals surface area contributed by atoms with Crippen LogP contribution in [0.5, 0.6) is 0 Å². The summed E-state index contributed by atoms with van der Waals surface area (Å²) in [5.41, 5.74) is 0.560. The van der Waals surface area contributed by atoms with Gasteiger partial charge in [-0.2, -0.15) is 0 Å². The predicted molar refractivity (Wildman–Crippen MR) is 58.9 cm³/mol. The van der Waals surface area contributed by atoms with Crippen LogP contribution in [0.25, 0.3) is 0 Å². The van der Waals surface area contributed by atoms with Gasteiger partial charge in [-0.15, -0.1) is 0 Å². The van der Waals surface area contributed by atoms with E-state index < -0.39 is 0 Å². The van der Waals surface area contributed by atoms with E-state index in [-0.39, 0.29) is 0 Å². The summed E-state index contributed by atoms with van der Waals surface area (Å²) < 4.78 is 0. The average molecular weight is 183 g/mol. The van der Waals surface area contributed by atoms with Gasteiger partial charge in [-0.05, 0) is 37.5 Å². The third-order valence-electron chi connectivity index (χ3n) is 3.44. The van der Waals surface area contributed by atoms with Crippen molar-refractivity contribution >= 4 is 0 Å². The highest BCUT2D eigenvalue weighted by atomic mass is 15.0. The first-order valence-electron chi connectivity index (χ1n) is 5.70. The van der Waals surface area contributed by atoms with Crippen molar-refractivity contribution < 1.29 is 0 Å². The van der Waals surface area contributed by atoms with Crippen molar-refractivity contribution in [3.8, 4) is 0 Å². The van der Waals surface area contributed by atoms with E-state index in [4.69, 9.17) is 0 Å². The van der Waals surface area contributed by atoms with Crippen LogP contribution in [0.2, 0.25) is 0 Å². The van der Waals surface area contributed by atoms with E-state index in [1.807, 2.05) is 0 Å². The molecule has 1 nitrogen and oxygen atoms in total. The van der Waals surface area contributed by atoms with E-state index in [1.54, 1.807) is 0 Å². The number of rotatable bonds is 3. The van der Waals surface area contributed by atoms with E-state index in [0.29, 0.717) is 11.5 Å². The van der Waals surface area contributed by atoms with Gasteiger partial charge in [-0.25, -0.2) is 0 Å². The van der Waals surface area contributed by atoms with Crippen molar-refractivity contribution in [2.75, 3.05) is 0 Å². The summed E-state index contributed by atoms with van der Waals surface area (Å²) in [6.45, 7) is 11.7. The summed E-state index contributed by atoms with van der Waals surface area (Å²) in [5, 5.41) is 3.73. The lowest BCUT2D eigenvalue weighted by atomic mass is 9.91. The maximum Gasteiger partial charge on any atom is 0.0100 e. The largest absolute Gasteiger partial charge is 0.311 e. The molecule has 0 aromatic rings. The molecule has 1 heteroatoms. The SMILES string of the molecule is CCC(C)NC1CC(C)(C)CC1C. The van der Waals surface area contributed by atoms with Gasteiger partial charge < -0.3 is 5.32 Å². The van der Waals surface area contributed by atoms with E-state index in [9.17, 15) is 0 Å². The zero-order valence-corrected chi connectivity index (χ0v) is 9.85. The third-order valence-corrected chi connectivity index (χ3v) is 3.44. The fourth-order valence-corrected chi connectivity index (χ4v) is 2.60. The van der Waals surface area contributed by atoms with Crippen molar-refractivity contribution in [1.29, 1.82) is 0 Å². The van der Waals surface area contributed by atoms with Crippen LogP contribution in [0.1, 0.15) is 53.9 Å². The lowest BCUT2D eigenvalue weighted by molar-refractivity contribution is 0.353. The molecule has 0 saturated heterocycles. The van der Waals surface area contributed by atoms with Gasteiger partial charge >= 0.3 is 0 Å². The van der Waals surface area contributed by atoms with E-state index in [2.05, 4.69) is 39.9 Å². The Balaban J connectivity index is 2.44. The first-order valence-corrected chi connectivity index (χ1v) is 5.70. The lowest BCUT2D eigenvalue weighted by Gasteiger charge is -2.22.